The van der Waals surface area contributed by atoms with E-state index in [1.165, 1.54) is 0 Å². The Labute approximate surface area is 113 Å². The van der Waals surface area contributed by atoms with E-state index in [0.717, 1.165) is 18.5 Å². The van der Waals surface area contributed by atoms with Crippen molar-refractivity contribution in [2.24, 2.45) is 0 Å². The molecule has 1 aliphatic heterocycles. The summed E-state index contributed by atoms with van der Waals surface area (Å²) in [4.78, 5) is 20.0. The number of carbonyl (C=O) groups is 1. The molecule has 104 valence electrons. The van der Waals surface area contributed by atoms with Crippen molar-refractivity contribution >= 4 is 5.91 Å². The minimum absolute atomic E-state index is 0.000839. The molecule has 2 unspecified atom stereocenters. The molecule has 5 nitrogen and oxygen atoms in total. The second kappa shape index (κ2) is 6.12. The van der Waals surface area contributed by atoms with Gasteiger partial charge in [0.05, 0.1) is 6.61 Å². The third-order valence-electron chi connectivity index (χ3n) is 3.80. The SMILES string of the molecule is CC1CCN(C)C(=O)C(CO)N1Cc1ccncc1. The third kappa shape index (κ3) is 3.11. The molecule has 19 heavy (non-hydrogen) atoms. The molecule has 2 heterocycles. The fraction of sp³-hybridized carbons (Fsp3) is 0.571. The first-order valence-electron chi connectivity index (χ1n) is 6.64. The van der Waals surface area contributed by atoms with Gasteiger partial charge in [-0.05, 0) is 31.0 Å². The van der Waals surface area contributed by atoms with E-state index in [1.54, 1.807) is 24.3 Å². The van der Waals surface area contributed by atoms with Gasteiger partial charge in [-0.25, -0.2) is 0 Å². The number of likely N-dealkylation sites (N-methyl/N-ethyl adjacent to an activating group) is 1. The number of pyridine rings is 1. The molecule has 1 N–H and O–H groups in total. The smallest absolute Gasteiger partial charge is 0.242 e. The topological polar surface area (TPSA) is 56.7 Å². The average Bonchev–Trinajstić information content (AvgIpc) is 2.53. The van der Waals surface area contributed by atoms with Crippen LogP contribution >= 0.6 is 0 Å². The lowest BCUT2D eigenvalue weighted by atomic mass is 10.1. The van der Waals surface area contributed by atoms with Crippen LogP contribution in [0.5, 0.6) is 0 Å². The highest BCUT2D eigenvalue weighted by molar-refractivity contribution is 5.82. The second-order valence-corrected chi connectivity index (χ2v) is 5.12. The Balaban J connectivity index is 2.21. The van der Waals surface area contributed by atoms with Gasteiger partial charge in [-0.15, -0.1) is 0 Å². The molecular weight excluding hydrogens is 242 g/mol. The van der Waals surface area contributed by atoms with Crippen LogP contribution in [-0.2, 0) is 11.3 Å². The molecule has 1 aliphatic rings. The Morgan fingerprint density at radius 3 is 2.74 bits per heavy atom. The monoisotopic (exact) mass is 263 g/mol. The fourth-order valence-electron chi connectivity index (χ4n) is 2.51. The van der Waals surface area contributed by atoms with Gasteiger partial charge in [-0.2, -0.15) is 0 Å². The first-order valence-corrected chi connectivity index (χ1v) is 6.64. The largest absolute Gasteiger partial charge is 0.394 e. The standard InChI is InChI=1S/C14H21N3O2/c1-11-5-8-16(2)14(19)13(10-18)17(11)9-12-3-6-15-7-4-12/h3-4,6-7,11,13,18H,5,8-10H2,1-2H3. The van der Waals surface area contributed by atoms with E-state index in [9.17, 15) is 9.90 Å². The molecule has 1 aromatic rings. The summed E-state index contributed by atoms with van der Waals surface area (Å²) in [6.45, 7) is 3.37. The third-order valence-corrected chi connectivity index (χ3v) is 3.80. The van der Waals surface area contributed by atoms with Gasteiger partial charge in [0.25, 0.3) is 0 Å². The van der Waals surface area contributed by atoms with Gasteiger partial charge < -0.3 is 10.0 Å². The maximum Gasteiger partial charge on any atom is 0.242 e. The molecule has 1 aromatic heterocycles. The Morgan fingerprint density at radius 1 is 1.42 bits per heavy atom. The van der Waals surface area contributed by atoms with Crippen LogP contribution in [0.15, 0.2) is 24.5 Å². The molecule has 1 amide bonds. The molecule has 0 radical (unpaired) electrons. The summed E-state index contributed by atoms with van der Waals surface area (Å²) >= 11 is 0. The van der Waals surface area contributed by atoms with Crippen LogP contribution in [0.2, 0.25) is 0 Å². The summed E-state index contributed by atoms with van der Waals surface area (Å²) in [5.41, 5.74) is 1.11. The Hall–Kier alpha value is -1.46. The van der Waals surface area contributed by atoms with Crippen molar-refractivity contribution in [3.63, 3.8) is 0 Å². The van der Waals surface area contributed by atoms with E-state index in [0.29, 0.717) is 6.54 Å². The number of aromatic nitrogens is 1. The van der Waals surface area contributed by atoms with Crippen LogP contribution in [0, 0.1) is 0 Å². The number of amides is 1. The van der Waals surface area contributed by atoms with Crippen molar-refractivity contribution in [1.29, 1.82) is 0 Å². The second-order valence-electron chi connectivity index (χ2n) is 5.12. The number of aliphatic hydroxyl groups excluding tert-OH is 1. The lowest BCUT2D eigenvalue weighted by Gasteiger charge is -2.32. The number of hydrogen-bond acceptors (Lipinski definition) is 4. The highest BCUT2D eigenvalue weighted by Crippen LogP contribution is 2.19. The summed E-state index contributed by atoms with van der Waals surface area (Å²) in [6, 6.07) is 3.70. The predicted molar refractivity (Wildman–Crippen MR) is 72.4 cm³/mol. The van der Waals surface area contributed by atoms with E-state index in [4.69, 9.17) is 0 Å². The first-order chi connectivity index (χ1) is 9.13. The minimum Gasteiger partial charge on any atom is -0.394 e. The van der Waals surface area contributed by atoms with Gasteiger partial charge in [0.15, 0.2) is 0 Å². The van der Waals surface area contributed by atoms with Crippen LogP contribution in [0.1, 0.15) is 18.9 Å². The lowest BCUT2D eigenvalue weighted by molar-refractivity contribution is -0.136. The zero-order valence-electron chi connectivity index (χ0n) is 11.5. The Kier molecular flexibility index (Phi) is 4.50. The summed E-state index contributed by atoms with van der Waals surface area (Å²) in [7, 11) is 1.80. The normalized spacial score (nSPS) is 25.4. The quantitative estimate of drug-likeness (QED) is 0.862. The zero-order valence-corrected chi connectivity index (χ0v) is 11.5. The summed E-state index contributed by atoms with van der Waals surface area (Å²) < 4.78 is 0. The summed E-state index contributed by atoms with van der Waals surface area (Å²) in [6.07, 6.45) is 4.42. The number of aliphatic hydroxyl groups is 1. The Morgan fingerprint density at radius 2 is 2.11 bits per heavy atom. The van der Waals surface area contributed by atoms with Crippen molar-refractivity contribution in [3.8, 4) is 0 Å². The van der Waals surface area contributed by atoms with E-state index in [2.05, 4.69) is 16.8 Å². The number of nitrogens with zero attached hydrogens (tertiary/aromatic N) is 3. The summed E-state index contributed by atoms with van der Waals surface area (Å²) in [5, 5.41) is 9.57. The molecule has 2 rings (SSSR count). The van der Waals surface area contributed by atoms with E-state index >= 15 is 0 Å². The highest BCUT2D eigenvalue weighted by atomic mass is 16.3. The first kappa shape index (κ1) is 14.0. The van der Waals surface area contributed by atoms with Gasteiger partial charge >= 0.3 is 0 Å². The molecule has 0 bridgehead atoms. The predicted octanol–water partition coefficient (Wildman–Crippen LogP) is 0.495. The van der Waals surface area contributed by atoms with Crippen LogP contribution < -0.4 is 0 Å². The molecule has 2 atom stereocenters. The molecule has 0 aliphatic carbocycles. The highest BCUT2D eigenvalue weighted by Gasteiger charge is 2.34. The van der Waals surface area contributed by atoms with Gasteiger partial charge in [0.2, 0.25) is 5.91 Å². The van der Waals surface area contributed by atoms with Gasteiger partial charge in [-0.3, -0.25) is 14.7 Å². The van der Waals surface area contributed by atoms with Gasteiger partial charge in [-0.1, -0.05) is 0 Å². The average molecular weight is 263 g/mol. The van der Waals surface area contributed by atoms with Gasteiger partial charge in [0, 0.05) is 38.6 Å². The van der Waals surface area contributed by atoms with Crippen molar-refractivity contribution < 1.29 is 9.90 Å². The molecule has 0 saturated carbocycles. The van der Waals surface area contributed by atoms with Crippen LogP contribution in [0.25, 0.3) is 0 Å². The van der Waals surface area contributed by atoms with Crippen molar-refractivity contribution in [2.45, 2.75) is 32.0 Å². The summed E-state index contributed by atoms with van der Waals surface area (Å²) in [5.74, 6) is 0.000839. The maximum absolute atomic E-state index is 12.2. The molecule has 5 heteroatoms. The van der Waals surface area contributed by atoms with E-state index in [1.807, 2.05) is 12.1 Å². The minimum atomic E-state index is -0.448. The van der Waals surface area contributed by atoms with Crippen LogP contribution in [-0.4, -0.2) is 58.1 Å². The number of carbonyl (C=O) groups excluding carboxylic acids is 1. The maximum atomic E-state index is 12.2. The fourth-order valence-corrected chi connectivity index (χ4v) is 2.51. The van der Waals surface area contributed by atoms with E-state index < -0.39 is 6.04 Å². The molecular formula is C14H21N3O2. The van der Waals surface area contributed by atoms with Crippen molar-refractivity contribution in [1.82, 2.24) is 14.8 Å². The Bertz CT molecular complexity index is 424. The van der Waals surface area contributed by atoms with Gasteiger partial charge in [0.1, 0.15) is 6.04 Å². The van der Waals surface area contributed by atoms with Crippen LogP contribution in [0.3, 0.4) is 0 Å². The molecule has 0 aromatic carbocycles. The van der Waals surface area contributed by atoms with Crippen molar-refractivity contribution in [3.05, 3.63) is 30.1 Å². The lowest BCUT2D eigenvalue weighted by Crippen LogP contribution is -2.49. The zero-order chi connectivity index (χ0) is 13.8. The molecule has 0 spiro atoms. The van der Waals surface area contributed by atoms with Crippen molar-refractivity contribution in [2.75, 3.05) is 20.2 Å². The van der Waals surface area contributed by atoms with E-state index in [-0.39, 0.29) is 18.6 Å². The van der Waals surface area contributed by atoms with Crippen LogP contribution in [0.4, 0.5) is 0 Å². The molecule has 1 saturated heterocycles. The number of rotatable bonds is 3. The number of hydrogen-bond donors (Lipinski definition) is 1. The molecule has 1 fully saturated rings.